The fourth-order valence-corrected chi connectivity index (χ4v) is 2.81. The van der Waals surface area contributed by atoms with Crippen LogP contribution in [-0.4, -0.2) is 48.5 Å². The summed E-state index contributed by atoms with van der Waals surface area (Å²) in [5.41, 5.74) is 3.50. The average Bonchev–Trinajstić information content (AvgIpc) is 3.33. The van der Waals surface area contributed by atoms with Crippen molar-refractivity contribution >= 4 is 11.9 Å². The minimum absolute atomic E-state index is 0.273. The van der Waals surface area contributed by atoms with E-state index in [1.165, 1.54) is 12.1 Å². The zero-order valence-corrected chi connectivity index (χ0v) is 18.2. The highest BCUT2D eigenvalue weighted by molar-refractivity contribution is 5.73. The Kier molecular flexibility index (Phi) is 8.43. The predicted octanol–water partition coefficient (Wildman–Crippen LogP) is 4.54. The molecule has 0 atom stereocenters. The number of pyridine rings is 1. The van der Waals surface area contributed by atoms with Gasteiger partial charge in [-0.1, -0.05) is 6.07 Å². The lowest BCUT2D eigenvalue weighted by atomic mass is 10.2. The largest absolute Gasteiger partial charge is 0.490 e. The van der Waals surface area contributed by atoms with Gasteiger partial charge in [0.15, 0.2) is 0 Å². The van der Waals surface area contributed by atoms with E-state index in [1.807, 2.05) is 30.5 Å². The van der Waals surface area contributed by atoms with Crippen LogP contribution in [0.2, 0.25) is 0 Å². The lowest BCUT2D eigenvalue weighted by molar-refractivity contribution is -0.192. The second-order valence-corrected chi connectivity index (χ2v) is 7.07. The molecule has 0 aliphatic rings. The number of carboxylic acids is 1. The van der Waals surface area contributed by atoms with Crippen LogP contribution in [0.15, 0.2) is 73.3 Å². The number of alkyl halides is 3. The number of rotatable bonds is 7. The zero-order valence-electron chi connectivity index (χ0n) is 18.2. The van der Waals surface area contributed by atoms with Gasteiger partial charge in [0.1, 0.15) is 5.82 Å². The summed E-state index contributed by atoms with van der Waals surface area (Å²) in [6.45, 7) is 0.759. The third kappa shape index (κ3) is 7.88. The minimum atomic E-state index is -5.08. The van der Waals surface area contributed by atoms with E-state index in [-0.39, 0.29) is 5.82 Å². The number of aliphatic carboxylic acids is 1. The molecule has 0 amide bonds. The van der Waals surface area contributed by atoms with E-state index in [1.54, 1.807) is 35.4 Å². The van der Waals surface area contributed by atoms with Gasteiger partial charge in [-0.2, -0.15) is 18.3 Å². The quantitative estimate of drug-likeness (QED) is 0.291. The monoisotopic (exact) mass is 488 g/mol. The van der Waals surface area contributed by atoms with E-state index in [4.69, 9.17) is 9.90 Å². The maximum absolute atomic E-state index is 13.1. The summed E-state index contributed by atoms with van der Waals surface area (Å²) in [6, 6.07) is 14.0. The molecular formula is C23H20F4N6O2. The third-order valence-electron chi connectivity index (χ3n) is 4.49. The summed E-state index contributed by atoms with van der Waals surface area (Å²) < 4.78 is 46.5. The summed E-state index contributed by atoms with van der Waals surface area (Å²) in [5.74, 6) is -2.45. The molecule has 4 rings (SSSR count). The summed E-state index contributed by atoms with van der Waals surface area (Å²) >= 11 is 0. The van der Waals surface area contributed by atoms with Crippen molar-refractivity contribution in [3.05, 3.63) is 84.8 Å². The van der Waals surface area contributed by atoms with Crippen LogP contribution in [0.5, 0.6) is 0 Å². The Bertz CT molecular complexity index is 1230. The van der Waals surface area contributed by atoms with E-state index < -0.39 is 12.1 Å². The highest BCUT2D eigenvalue weighted by atomic mass is 19.4. The van der Waals surface area contributed by atoms with Gasteiger partial charge in [0.25, 0.3) is 0 Å². The minimum Gasteiger partial charge on any atom is -0.475 e. The second-order valence-electron chi connectivity index (χ2n) is 7.07. The Hall–Kier alpha value is -4.35. The standard InChI is InChI=1S/C21H19FN6.C2HF3O2/c22-17-6-8-19(9-7-17)28-15-16(14-26-28)20-10-13-25-21(27-20)24-12-3-5-18-4-1-2-11-23-18;3-2(4,5)1(6)7/h1-2,4,6-11,13-15H,3,5,12H2,(H,24,25,27);(H,6,7). The number of carbonyl (C=O) groups is 1. The Morgan fingerprint density at radius 1 is 1.03 bits per heavy atom. The number of benzene rings is 1. The van der Waals surface area contributed by atoms with Crippen molar-refractivity contribution in [2.45, 2.75) is 19.0 Å². The van der Waals surface area contributed by atoms with Crippen LogP contribution in [0, 0.1) is 5.82 Å². The lowest BCUT2D eigenvalue weighted by Gasteiger charge is -2.05. The normalized spacial score (nSPS) is 10.9. The molecule has 1 aromatic carbocycles. The molecule has 0 aliphatic heterocycles. The van der Waals surface area contributed by atoms with Crippen LogP contribution in [0.1, 0.15) is 12.1 Å². The van der Waals surface area contributed by atoms with Gasteiger partial charge in [-0.15, -0.1) is 0 Å². The number of nitrogens with one attached hydrogen (secondary N) is 1. The predicted molar refractivity (Wildman–Crippen MR) is 119 cm³/mol. The van der Waals surface area contributed by atoms with E-state index in [0.29, 0.717) is 5.95 Å². The van der Waals surface area contributed by atoms with Crippen LogP contribution < -0.4 is 5.32 Å². The Balaban J connectivity index is 0.000000429. The Morgan fingerprint density at radius 2 is 1.77 bits per heavy atom. The van der Waals surface area contributed by atoms with E-state index >= 15 is 0 Å². The smallest absolute Gasteiger partial charge is 0.475 e. The Labute approximate surface area is 197 Å². The van der Waals surface area contributed by atoms with Crippen LogP contribution >= 0.6 is 0 Å². The first-order valence-corrected chi connectivity index (χ1v) is 10.3. The molecule has 12 heteroatoms. The van der Waals surface area contributed by atoms with Gasteiger partial charge in [0.2, 0.25) is 5.95 Å². The molecular weight excluding hydrogens is 468 g/mol. The van der Waals surface area contributed by atoms with E-state index in [0.717, 1.165) is 42.0 Å². The number of aromatic nitrogens is 5. The fraction of sp³-hybridized carbons (Fsp3) is 0.174. The number of anilines is 1. The first-order valence-electron chi connectivity index (χ1n) is 10.3. The van der Waals surface area contributed by atoms with Gasteiger partial charge in [0, 0.05) is 36.4 Å². The van der Waals surface area contributed by atoms with Crippen LogP contribution in [-0.2, 0) is 11.2 Å². The number of hydrogen-bond donors (Lipinski definition) is 2. The number of halogens is 4. The third-order valence-corrected chi connectivity index (χ3v) is 4.49. The van der Waals surface area contributed by atoms with Crippen LogP contribution in [0.25, 0.3) is 16.9 Å². The van der Waals surface area contributed by atoms with Crippen molar-refractivity contribution in [2.24, 2.45) is 0 Å². The molecule has 8 nitrogen and oxygen atoms in total. The fourth-order valence-electron chi connectivity index (χ4n) is 2.81. The van der Waals surface area contributed by atoms with Gasteiger partial charge < -0.3 is 10.4 Å². The highest BCUT2D eigenvalue weighted by Crippen LogP contribution is 2.19. The molecule has 3 heterocycles. The molecule has 0 radical (unpaired) electrons. The lowest BCUT2D eigenvalue weighted by Crippen LogP contribution is -2.21. The molecule has 4 aromatic rings. The van der Waals surface area contributed by atoms with Gasteiger partial charge in [-0.25, -0.2) is 23.8 Å². The van der Waals surface area contributed by atoms with Crippen LogP contribution in [0.4, 0.5) is 23.5 Å². The molecule has 0 fully saturated rings. The molecule has 0 aliphatic carbocycles. The summed E-state index contributed by atoms with van der Waals surface area (Å²) in [5, 5.41) is 14.7. The number of hydrogen-bond acceptors (Lipinski definition) is 6. The molecule has 0 saturated heterocycles. The van der Waals surface area contributed by atoms with Gasteiger partial charge in [0.05, 0.1) is 17.6 Å². The number of nitrogens with zero attached hydrogens (tertiary/aromatic N) is 5. The molecule has 0 spiro atoms. The first kappa shape index (κ1) is 25.3. The van der Waals surface area contributed by atoms with Crippen molar-refractivity contribution < 1.29 is 27.5 Å². The van der Waals surface area contributed by atoms with E-state index in [2.05, 4.69) is 25.4 Å². The molecule has 0 bridgehead atoms. The molecule has 0 unspecified atom stereocenters. The zero-order chi connectivity index (χ0) is 25.3. The maximum atomic E-state index is 13.1. The van der Waals surface area contributed by atoms with Crippen molar-refractivity contribution in [2.75, 3.05) is 11.9 Å². The van der Waals surface area contributed by atoms with Crippen LogP contribution in [0.3, 0.4) is 0 Å². The van der Waals surface area contributed by atoms with Gasteiger partial charge >= 0.3 is 12.1 Å². The average molecular weight is 488 g/mol. The molecule has 182 valence electrons. The molecule has 3 aromatic heterocycles. The van der Waals surface area contributed by atoms with Crippen molar-refractivity contribution in [1.82, 2.24) is 24.7 Å². The number of aryl methyl sites for hydroxylation is 1. The Morgan fingerprint density at radius 3 is 2.43 bits per heavy atom. The van der Waals surface area contributed by atoms with Crippen molar-refractivity contribution in [1.29, 1.82) is 0 Å². The SMILES string of the molecule is Fc1ccc(-n2cc(-c3ccnc(NCCCc4ccccn4)n3)cn2)cc1.O=C(O)C(F)(F)F. The summed E-state index contributed by atoms with van der Waals surface area (Å²) in [6.07, 6.45) is 3.88. The summed E-state index contributed by atoms with van der Waals surface area (Å²) in [4.78, 5) is 22.1. The van der Waals surface area contributed by atoms with Crippen molar-refractivity contribution in [3.63, 3.8) is 0 Å². The second kappa shape index (κ2) is 11.7. The van der Waals surface area contributed by atoms with Gasteiger partial charge in [-0.3, -0.25) is 4.98 Å². The molecule has 2 N–H and O–H groups in total. The van der Waals surface area contributed by atoms with E-state index in [9.17, 15) is 17.6 Å². The maximum Gasteiger partial charge on any atom is 0.490 e. The van der Waals surface area contributed by atoms with Gasteiger partial charge in [-0.05, 0) is 55.3 Å². The summed E-state index contributed by atoms with van der Waals surface area (Å²) in [7, 11) is 0. The topological polar surface area (TPSA) is 106 Å². The number of carboxylic acid groups (broad SMARTS) is 1. The molecule has 0 saturated carbocycles. The molecule has 35 heavy (non-hydrogen) atoms. The van der Waals surface area contributed by atoms with Crippen molar-refractivity contribution in [3.8, 4) is 16.9 Å². The first-order chi connectivity index (χ1) is 16.7. The highest BCUT2D eigenvalue weighted by Gasteiger charge is 2.38.